The molecule has 2 heteroatoms. The second-order valence-corrected chi connectivity index (χ2v) is 3.40. The number of pyridine rings is 1. The predicted octanol–water partition coefficient (Wildman–Crippen LogP) is 1.92. The molecule has 0 radical (unpaired) electrons. The summed E-state index contributed by atoms with van der Waals surface area (Å²) in [6.45, 7) is 0. The van der Waals surface area contributed by atoms with Crippen LogP contribution in [0.3, 0.4) is 0 Å². The van der Waals surface area contributed by atoms with Crippen molar-refractivity contribution in [2.24, 2.45) is 0 Å². The van der Waals surface area contributed by atoms with Gasteiger partial charge in [0.05, 0.1) is 0 Å². The molecular weight excluding hydrogens is 169 g/mol. The molecule has 0 aliphatic heterocycles. The Hall–Kier alpha value is -1.70. The van der Waals surface area contributed by atoms with Crippen LogP contribution in [0.15, 0.2) is 54.6 Å². The van der Waals surface area contributed by atoms with E-state index in [1.165, 1.54) is 16.3 Å². The van der Waals surface area contributed by atoms with Gasteiger partial charge in [-0.25, -0.2) is 0 Å². The van der Waals surface area contributed by atoms with E-state index in [1.807, 2.05) is 6.07 Å². The third-order valence-corrected chi connectivity index (χ3v) is 2.54. The normalized spacial score (nSPS) is 10.6. The van der Waals surface area contributed by atoms with Crippen molar-refractivity contribution in [2.45, 2.75) is 0 Å². The Labute approximate surface area is 82.9 Å². The molecule has 0 unspecified atom stereocenters. The van der Waals surface area contributed by atoms with Gasteiger partial charge in [-0.2, -0.15) is 0 Å². The fraction of sp³-hybridized carbons (Fsp3) is 0. The van der Waals surface area contributed by atoms with Crippen molar-refractivity contribution in [2.75, 3.05) is 0 Å². The van der Waals surface area contributed by atoms with Crippen molar-refractivity contribution in [3.63, 3.8) is 0 Å². The summed E-state index contributed by atoms with van der Waals surface area (Å²) in [4.78, 5) is 0. The minimum absolute atomic E-state index is 1.26. The molecule has 0 aliphatic carbocycles. The predicted molar refractivity (Wildman–Crippen MR) is 58.5 cm³/mol. The Morgan fingerprint density at radius 1 is 0.929 bits per heavy atom. The van der Waals surface area contributed by atoms with E-state index >= 15 is 0 Å². The average Bonchev–Trinajstić information content (AvgIpc) is 2.29. The van der Waals surface area contributed by atoms with Crippen molar-refractivity contribution in [1.29, 1.82) is 0 Å². The number of hydrogen-bond donors (Lipinski definition) is 0. The molecule has 0 amide bonds. The fourth-order valence-corrected chi connectivity index (χ4v) is 1.85. The molecule has 1 nitrogen and oxygen atoms in total. The Morgan fingerprint density at radius 3 is 2.79 bits per heavy atom. The second-order valence-electron chi connectivity index (χ2n) is 3.40. The van der Waals surface area contributed by atoms with Gasteiger partial charge < -0.3 is 0 Å². The van der Waals surface area contributed by atoms with Crippen LogP contribution >= 0.6 is 0 Å². The first-order valence-electron chi connectivity index (χ1n) is 4.73. The van der Waals surface area contributed by atoms with E-state index in [9.17, 15) is 0 Å². The molecular formula is C12H9BN+. The molecule has 3 aromatic rings. The topological polar surface area (TPSA) is 4.10 Å². The molecule has 0 spiro atoms. The van der Waals surface area contributed by atoms with E-state index in [-0.39, 0.29) is 0 Å². The first kappa shape index (κ1) is 7.68. The van der Waals surface area contributed by atoms with Crippen LogP contribution in [0.2, 0.25) is 0 Å². The monoisotopic (exact) mass is 178 g/mol. The van der Waals surface area contributed by atoms with Gasteiger partial charge in [0, 0.05) is 0 Å². The Kier molecular flexibility index (Phi) is 1.60. The first-order chi connectivity index (χ1) is 6.95. The third-order valence-electron chi connectivity index (χ3n) is 2.54. The summed E-state index contributed by atoms with van der Waals surface area (Å²) in [6, 6.07) is 14.7. The molecule has 2 aromatic heterocycles. The van der Waals surface area contributed by atoms with Crippen molar-refractivity contribution >= 4 is 23.3 Å². The summed E-state index contributed by atoms with van der Waals surface area (Å²) in [6.07, 6.45) is 2.07. The van der Waals surface area contributed by atoms with Gasteiger partial charge in [-0.1, -0.05) is 0 Å². The van der Waals surface area contributed by atoms with Crippen LogP contribution in [0, 0.1) is 0 Å². The van der Waals surface area contributed by atoms with Crippen molar-refractivity contribution in [3.8, 4) is 0 Å². The van der Waals surface area contributed by atoms with Gasteiger partial charge in [0.2, 0.25) is 0 Å². The zero-order valence-corrected chi connectivity index (χ0v) is 7.72. The van der Waals surface area contributed by atoms with E-state index < -0.39 is 0 Å². The average molecular weight is 178 g/mol. The maximum absolute atomic E-state index is 2.16. The summed E-state index contributed by atoms with van der Waals surface area (Å²) < 4.78 is 2.14. The van der Waals surface area contributed by atoms with Gasteiger partial charge >= 0.3 is 82.3 Å². The number of rotatable bonds is 0. The van der Waals surface area contributed by atoms with Crippen LogP contribution in [0.1, 0.15) is 0 Å². The third kappa shape index (κ3) is 1.04. The minimum atomic E-state index is 1.26. The number of benzene rings is 1. The van der Waals surface area contributed by atoms with Crippen molar-refractivity contribution in [3.05, 3.63) is 54.6 Å². The zero-order chi connectivity index (χ0) is 9.38. The number of aromatic nitrogens is 1. The fourth-order valence-electron chi connectivity index (χ4n) is 1.85. The van der Waals surface area contributed by atoms with Gasteiger partial charge in [-0.05, 0) is 0 Å². The quantitative estimate of drug-likeness (QED) is 0.463. The van der Waals surface area contributed by atoms with Crippen LogP contribution in [-0.4, -0.2) is 7.05 Å². The summed E-state index contributed by atoms with van der Waals surface area (Å²) >= 11 is 0. The summed E-state index contributed by atoms with van der Waals surface area (Å²) in [7, 11) is 2.09. The summed E-state index contributed by atoms with van der Waals surface area (Å²) in [5, 5.41) is 2.59. The summed E-state index contributed by atoms with van der Waals surface area (Å²) in [5.41, 5.74) is 1.26. The second kappa shape index (κ2) is 2.91. The molecule has 0 saturated carbocycles. The molecule has 0 bridgehead atoms. The molecule has 2 heterocycles. The van der Waals surface area contributed by atoms with Crippen LogP contribution in [0.4, 0.5) is 0 Å². The standard InChI is InChI=1S/C12H9BN/c1-2-6-11-10(5-1)9-13-14-8-4-3-7-12(11)14/h1-9H/q+1. The van der Waals surface area contributed by atoms with E-state index in [2.05, 4.69) is 59.9 Å². The van der Waals surface area contributed by atoms with E-state index in [1.54, 1.807) is 0 Å². The van der Waals surface area contributed by atoms with Crippen molar-refractivity contribution < 1.29 is 4.31 Å². The Bertz CT molecular complexity index is 549. The van der Waals surface area contributed by atoms with Gasteiger partial charge in [0.15, 0.2) is 0 Å². The van der Waals surface area contributed by atoms with E-state index in [0.29, 0.717) is 0 Å². The number of hydrogen-bond acceptors (Lipinski definition) is 0. The molecule has 0 atom stereocenters. The van der Waals surface area contributed by atoms with Crippen LogP contribution in [-0.2, 0) is 0 Å². The molecule has 64 valence electrons. The zero-order valence-electron chi connectivity index (χ0n) is 7.72. The van der Waals surface area contributed by atoms with Crippen LogP contribution in [0.25, 0.3) is 16.3 Å². The number of nitrogens with zero attached hydrogens (tertiary/aromatic N) is 1. The molecule has 0 N–H and O–H groups in total. The summed E-state index contributed by atoms with van der Waals surface area (Å²) in [5.74, 6) is 2.14. The van der Waals surface area contributed by atoms with Gasteiger partial charge in [0.25, 0.3) is 0 Å². The molecule has 0 fully saturated rings. The molecule has 0 aliphatic rings. The van der Waals surface area contributed by atoms with E-state index in [4.69, 9.17) is 0 Å². The number of fused-ring (bicyclic) bond motifs is 3. The SMILES string of the molecule is b1cc2ccccc2c2cccc[n+]12. The van der Waals surface area contributed by atoms with Gasteiger partial charge in [-0.15, -0.1) is 0 Å². The van der Waals surface area contributed by atoms with E-state index in [0.717, 1.165) is 0 Å². The Balaban J connectivity index is 2.61. The van der Waals surface area contributed by atoms with Gasteiger partial charge in [0.1, 0.15) is 0 Å². The molecule has 1 aromatic carbocycles. The van der Waals surface area contributed by atoms with Crippen LogP contribution < -0.4 is 4.31 Å². The van der Waals surface area contributed by atoms with Crippen LogP contribution in [0.5, 0.6) is 0 Å². The Morgan fingerprint density at radius 2 is 1.79 bits per heavy atom. The molecule has 3 rings (SSSR count). The van der Waals surface area contributed by atoms with Crippen molar-refractivity contribution in [1.82, 2.24) is 0 Å². The molecule has 14 heavy (non-hydrogen) atoms. The maximum atomic E-state index is 2.16. The molecule has 0 saturated heterocycles. The first-order valence-corrected chi connectivity index (χ1v) is 4.73. The van der Waals surface area contributed by atoms with Gasteiger partial charge in [-0.3, -0.25) is 0 Å².